The monoisotopic (exact) mass is 365 g/mol. The number of aromatic nitrogens is 2. The van der Waals surface area contributed by atoms with Crippen LogP contribution in [0.4, 0.5) is 5.82 Å². The maximum absolute atomic E-state index is 5.77. The zero-order chi connectivity index (χ0) is 13.2. The second kappa shape index (κ2) is 5.16. The third kappa shape index (κ3) is 2.42. The SMILES string of the molecule is CCNc1nc(-c2cc3ccccc3o2)ncc1I. The summed E-state index contributed by atoms with van der Waals surface area (Å²) in [5, 5.41) is 4.28. The average Bonchev–Trinajstić information content (AvgIpc) is 2.85. The largest absolute Gasteiger partial charge is 0.453 e. The molecule has 0 unspecified atom stereocenters. The van der Waals surface area contributed by atoms with E-state index in [9.17, 15) is 0 Å². The first-order valence-corrected chi connectivity index (χ1v) is 7.11. The summed E-state index contributed by atoms with van der Waals surface area (Å²) < 4.78 is 6.77. The number of hydrogen-bond donors (Lipinski definition) is 1. The zero-order valence-corrected chi connectivity index (χ0v) is 12.5. The van der Waals surface area contributed by atoms with Crippen LogP contribution in [0, 0.1) is 3.57 Å². The van der Waals surface area contributed by atoms with Crippen molar-refractivity contribution in [3.63, 3.8) is 0 Å². The molecule has 0 saturated heterocycles. The average molecular weight is 365 g/mol. The molecule has 1 N–H and O–H groups in total. The summed E-state index contributed by atoms with van der Waals surface area (Å²) in [5.74, 6) is 2.14. The molecule has 0 spiro atoms. The van der Waals surface area contributed by atoms with Gasteiger partial charge in [-0.2, -0.15) is 0 Å². The van der Waals surface area contributed by atoms with Crippen LogP contribution in [0.3, 0.4) is 0 Å². The van der Waals surface area contributed by atoms with Gasteiger partial charge in [-0.15, -0.1) is 0 Å². The molecule has 96 valence electrons. The molecule has 1 aromatic carbocycles. The number of anilines is 1. The van der Waals surface area contributed by atoms with Crippen LogP contribution in [-0.2, 0) is 0 Å². The molecule has 0 aliphatic carbocycles. The number of nitrogens with zero attached hydrogens (tertiary/aromatic N) is 2. The maximum Gasteiger partial charge on any atom is 0.197 e. The molecule has 2 aromatic heterocycles. The molecule has 3 rings (SSSR count). The van der Waals surface area contributed by atoms with Crippen LogP contribution in [0.1, 0.15) is 6.92 Å². The van der Waals surface area contributed by atoms with E-state index in [4.69, 9.17) is 4.42 Å². The summed E-state index contributed by atoms with van der Waals surface area (Å²) in [6, 6.07) is 9.86. The fourth-order valence-electron chi connectivity index (χ4n) is 1.87. The van der Waals surface area contributed by atoms with E-state index in [2.05, 4.69) is 37.9 Å². The molecule has 5 heteroatoms. The molecule has 19 heavy (non-hydrogen) atoms. The Balaban J connectivity index is 2.08. The minimum Gasteiger partial charge on any atom is -0.453 e. The second-order valence-electron chi connectivity index (χ2n) is 4.07. The Morgan fingerprint density at radius 2 is 2.16 bits per heavy atom. The van der Waals surface area contributed by atoms with E-state index in [1.54, 1.807) is 6.20 Å². The number of nitrogens with one attached hydrogen (secondary N) is 1. The Bertz CT molecular complexity index is 691. The van der Waals surface area contributed by atoms with E-state index in [1.807, 2.05) is 37.3 Å². The fraction of sp³-hybridized carbons (Fsp3) is 0.143. The summed E-state index contributed by atoms with van der Waals surface area (Å²) in [6.45, 7) is 2.87. The minimum atomic E-state index is 0.604. The third-order valence-corrected chi connectivity index (χ3v) is 3.52. The molecule has 4 nitrogen and oxygen atoms in total. The molecule has 0 fully saturated rings. The van der Waals surface area contributed by atoms with E-state index >= 15 is 0 Å². The molecule has 0 radical (unpaired) electrons. The maximum atomic E-state index is 5.77. The minimum absolute atomic E-state index is 0.604. The lowest BCUT2D eigenvalue weighted by molar-refractivity contribution is 0.625. The van der Waals surface area contributed by atoms with E-state index < -0.39 is 0 Å². The number of halogens is 1. The lowest BCUT2D eigenvalue weighted by atomic mass is 10.2. The molecule has 0 bridgehead atoms. The van der Waals surface area contributed by atoms with Gasteiger partial charge in [0.25, 0.3) is 0 Å². The predicted molar refractivity (Wildman–Crippen MR) is 84.1 cm³/mol. The Labute approximate surface area is 124 Å². The predicted octanol–water partition coefficient (Wildman–Crippen LogP) is 3.93. The van der Waals surface area contributed by atoms with Crippen LogP contribution in [-0.4, -0.2) is 16.5 Å². The van der Waals surface area contributed by atoms with E-state index in [-0.39, 0.29) is 0 Å². The number of rotatable bonds is 3. The smallest absolute Gasteiger partial charge is 0.197 e. The highest BCUT2D eigenvalue weighted by atomic mass is 127. The first-order chi connectivity index (χ1) is 9.28. The van der Waals surface area contributed by atoms with E-state index in [0.717, 1.165) is 26.9 Å². The Kier molecular flexibility index (Phi) is 3.37. The van der Waals surface area contributed by atoms with Gasteiger partial charge < -0.3 is 9.73 Å². The van der Waals surface area contributed by atoms with E-state index in [0.29, 0.717) is 11.6 Å². The standard InChI is InChI=1S/C14H12IN3O/c1-2-16-13-10(15)8-17-14(18-13)12-7-9-5-3-4-6-11(9)19-12/h3-8H,2H2,1H3,(H,16,17,18). The highest BCUT2D eigenvalue weighted by Crippen LogP contribution is 2.26. The third-order valence-electron chi connectivity index (χ3n) is 2.73. The van der Waals surface area contributed by atoms with Gasteiger partial charge in [-0.3, -0.25) is 0 Å². The van der Waals surface area contributed by atoms with Gasteiger partial charge in [0.05, 0.1) is 3.57 Å². The van der Waals surface area contributed by atoms with Crippen LogP contribution in [0.25, 0.3) is 22.6 Å². The van der Waals surface area contributed by atoms with Gasteiger partial charge in [0, 0.05) is 18.1 Å². The highest BCUT2D eigenvalue weighted by Gasteiger charge is 2.11. The lowest BCUT2D eigenvalue weighted by Crippen LogP contribution is -2.03. The van der Waals surface area contributed by atoms with Crippen LogP contribution in [0.2, 0.25) is 0 Å². The van der Waals surface area contributed by atoms with Gasteiger partial charge in [0.2, 0.25) is 0 Å². The van der Waals surface area contributed by atoms with E-state index in [1.165, 1.54) is 0 Å². The molecular formula is C14H12IN3O. The van der Waals surface area contributed by atoms with Gasteiger partial charge in [-0.05, 0) is 41.6 Å². The van der Waals surface area contributed by atoms with Crippen molar-refractivity contribution in [2.45, 2.75) is 6.92 Å². The molecule has 3 aromatic rings. The zero-order valence-electron chi connectivity index (χ0n) is 10.4. The van der Waals surface area contributed by atoms with Crippen molar-refractivity contribution in [2.24, 2.45) is 0 Å². The van der Waals surface area contributed by atoms with Gasteiger partial charge >= 0.3 is 0 Å². The van der Waals surface area contributed by atoms with Crippen molar-refractivity contribution < 1.29 is 4.42 Å². The number of para-hydroxylation sites is 1. The van der Waals surface area contributed by atoms with Crippen LogP contribution < -0.4 is 5.32 Å². The van der Waals surface area contributed by atoms with Crippen molar-refractivity contribution >= 4 is 39.4 Å². The van der Waals surface area contributed by atoms with Gasteiger partial charge in [0.1, 0.15) is 11.4 Å². The van der Waals surface area contributed by atoms with Gasteiger partial charge in [-0.25, -0.2) is 9.97 Å². The van der Waals surface area contributed by atoms with Crippen molar-refractivity contribution in [3.8, 4) is 11.6 Å². The molecule has 0 aliphatic heterocycles. The molecule has 0 atom stereocenters. The lowest BCUT2D eigenvalue weighted by Gasteiger charge is -2.05. The summed E-state index contributed by atoms with van der Waals surface area (Å²) in [6.07, 6.45) is 1.80. The van der Waals surface area contributed by atoms with Crippen LogP contribution in [0.15, 0.2) is 40.9 Å². The first-order valence-electron chi connectivity index (χ1n) is 6.03. The quantitative estimate of drug-likeness (QED) is 0.715. The summed E-state index contributed by atoms with van der Waals surface area (Å²) >= 11 is 2.22. The Hall–Kier alpha value is -1.63. The second-order valence-corrected chi connectivity index (χ2v) is 5.23. The highest BCUT2D eigenvalue weighted by molar-refractivity contribution is 14.1. The fourth-order valence-corrected chi connectivity index (χ4v) is 2.32. The topological polar surface area (TPSA) is 51.0 Å². The van der Waals surface area contributed by atoms with Crippen LogP contribution >= 0.6 is 22.6 Å². The number of fused-ring (bicyclic) bond motifs is 1. The molecule has 0 saturated carbocycles. The molecule has 2 heterocycles. The Morgan fingerprint density at radius 3 is 2.95 bits per heavy atom. The Morgan fingerprint density at radius 1 is 1.32 bits per heavy atom. The molecular weight excluding hydrogens is 353 g/mol. The van der Waals surface area contributed by atoms with Crippen molar-refractivity contribution in [1.82, 2.24) is 9.97 Å². The summed E-state index contributed by atoms with van der Waals surface area (Å²) in [7, 11) is 0. The van der Waals surface area contributed by atoms with Crippen molar-refractivity contribution in [1.29, 1.82) is 0 Å². The summed E-state index contributed by atoms with van der Waals surface area (Å²) in [5.41, 5.74) is 0.852. The summed E-state index contributed by atoms with van der Waals surface area (Å²) in [4.78, 5) is 8.84. The number of benzene rings is 1. The normalized spacial score (nSPS) is 10.8. The van der Waals surface area contributed by atoms with Crippen molar-refractivity contribution in [3.05, 3.63) is 40.1 Å². The number of furan rings is 1. The molecule has 0 aliphatic rings. The van der Waals surface area contributed by atoms with Gasteiger partial charge in [0.15, 0.2) is 11.6 Å². The van der Waals surface area contributed by atoms with Gasteiger partial charge in [-0.1, -0.05) is 18.2 Å². The van der Waals surface area contributed by atoms with Crippen LogP contribution in [0.5, 0.6) is 0 Å². The van der Waals surface area contributed by atoms with Crippen molar-refractivity contribution in [2.75, 3.05) is 11.9 Å². The molecule has 0 amide bonds. The number of hydrogen-bond acceptors (Lipinski definition) is 4. The first kappa shape index (κ1) is 12.4.